The van der Waals surface area contributed by atoms with Gasteiger partial charge in [0, 0.05) is 12.1 Å². The number of nitrogens with one attached hydrogen (secondary N) is 2. The summed E-state index contributed by atoms with van der Waals surface area (Å²) in [5.74, 6) is -0.447. The van der Waals surface area contributed by atoms with Gasteiger partial charge in [-0.25, -0.2) is 9.59 Å². The number of hydrogen-bond acceptors (Lipinski definition) is 5. The van der Waals surface area contributed by atoms with Crippen molar-refractivity contribution in [2.24, 2.45) is 5.10 Å². The molecule has 2 amide bonds. The van der Waals surface area contributed by atoms with E-state index in [1.54, 1.807) is 13.8 Å². The molecule has 0 bridgehead atoms. The lowest BCUT2D eigenvalue weighted by molar-refractivity contribution is -0.139. The second-order valence-electron chi connectivity index (χ2n) is 8.77. The number of nitrogens with zero attached hydrogens (tertiary/aromatic N) is 2. The number of anilines is 1. The number of amides is 2. The molecule has 3 aromatic carbocycles. The molecule has 0 aromatic heterocycles. The maximum Gasteiger partial charge on any atom is 0.338 e. The number of hydrogen-bond donors (Lipinski definition) is 2. The maximum absolute atomic E-state index is 12.6. The number of allylic oxidation sites excluding steroid dienone is 1. The van der Waals surface area contributed by atoms with E-state index in [1.165, 1.54) is 5.56 Å². The first-order valence-corrected chi connectivity index (χ1v) is 12.1. The molecule has 2 unspecified atom stereocenters. The summed E-state index contributed by atoms with van der Waals surface area (Å²) in [7, 11) is 0. The van der Waals surface area contributed by atoms with Gasteiger partial charge in [-0.1, -0.05) is 72.8 Å². The van der Waals surface area contributed by atoms with E-state index in [-0.39, 0.29) is 18.7 Å². The quantitative estimate of drug-likeness (QED) is 0.473. The van der Waals surface area contributed by atoms with Crippen LogP contribution in [0.2, 0.25) is 0 Å². The minimum atomic E-state index is -0.598. The first kappa shape index (κ1) is 23.4. The van der Waals surface area contributed by atoms with Crippen LogP contribution in [0, 0.1) is 0 Å². The molecule has 7 nitrogen and oxygen atoms in total. The molecule has 2 atom stereocenters. The molecule has 3 aromatic rings. The first-order chi connectivity index (χ1) is 17.5. The molecule has 2 aliphatic heterocycles. The van der Waals surface area contributed by atoms with Crippen LogP contribution in [0.25, 0.3) is 0 Å². The zero-order valence-corrected chi connectivity index (χ0v) is 20.3. The topological polar surface area (TPSA) is 83.0 Å². The molecule has 2 N–H and O–H groups in total. The minimum absolute atomic E-state index is 0.0584. The average Bonchev–Trinajstić information content (AvgIpc) is 3.35. The van der Waals surface area contributed by atoms with Gasteiger partial charge in [-0.15, -0.1) is 0 Å². The molecule has 182 valence electrons. The first-order valence-electron chi connectivity index (χ1n) is 12.1. The third-order valence-corrected chi connectivity index (χ3v) is 6.46. The van der Waals surface area contributed by atoms with Crippen molar-refractivity contribution in [1.82, 2.24) is 10.6 Å². The fourth-order valence-electron chi connectivity index (χ4n) is 4.73. The molecule has 0 radical (unpaired) electrons. The standard InChI is InChI=1S/C29H28N4O3/c1-3-36-28(34)26-19(2)30-29(35)31-27(26)22-14-16-23(17-15-22)33-25(21-12-8-5-9-13-21)18-24(32-33)20-10-6-4-7-11-20/h4-17,25,27H,3,18H2,1-2H3,(H2,30,31,35). The monoisotopic (exact) mass is 480 g/mol. The Morgan fingerprint density at radius 1 is 0.972 bits per heavy atom. The Bertz CT molecular complexity index is 1320. The van der Waals surface area contributed by atoms with Crippen LogP contribution in [0.4, 0.5) is 10.5 Å². The van der Waals surface area contributed by atoms with Crippen LogP contribution in [0.15, 0.2) is 101 Å². The molecular formula is C29H28N4O3. The molecule has 7 heteroatoms. The second-order valence-corrected chi connectivity index (χ2v) is 8.77. The lowest BCUT2D eigenvalue weighted by Crippen LogP contribution is -2.45. The summed E-state index contributed by atoms with van der Waals surface area (Å²) in [6, 6.07) is 27.5. The predicted molar refractivity (Wildman–Crippen MR) is 139 cm³/mol. The Hall–Kier alpha value is -4.39. The fraction of sp³-hybridized carbons (Fsp3) is 0.207. The number of carbonyl (C=O) groups is 2. The van der Waals surface area contributed by atoms with Crippen molar-refractivity contribution in [2.45, 2.75) is 32.4 Å². The van der Waals surface area contributed by atoms with E-state index in [2.05, 4.69) is 39.9 Å². The third kappa shape index (κ3) is 4.60. The molecule has 2 heterocycles. The van der Waals surface area contributed by atoms with Crippen molar-refractivity contribution in [3.8, 4) is 0 Å². The van der Waals surface area contributed by atoms with Crippen LogP contribution < -0.4 is 15.6 Å². The molecule has 2 aliphatic rings. The van der Waals surface area contributed by atoms with Crippen molar-refractivity contribution < 1.29 is 14.3 Å². The molecule has 0 spiro atoms. The minimum Gasteiger partial charge on any atom is -0.463 e. The van der Waals surface area contributed by atoms with E-state index in [1.807, 2.05) is 60.7 Å². The van der Waals surface area contributed by atoms with Gasteiger partial charge in [0.15, 0.2) is 0 Å². The highest BCUT2D eigenvalue weighted by atomic mass is 16.5. The zero-order valence-electron chi connectivity index (χ0n) is 20.3. The van der Waals surface area contributed by atoms with Crippen molar-refractivity contribution in [3.05, 3.63) is 113 Å². The second kappa shape index (κ2) is 10.1. The van der Waals surface area contributed by atoms with Gasteiger partial charge in [0.1, 0.15) is 0 Å². The van der Waals surface area contributed by atoms with E-state index in [0.717, 1.165) is 28.9 Å². The van der Waals surface area contributed by atoms with Crippen LogP contribution >= 0.6 is 0 Å². The number of benzene rings is 3. The predicted octanol–water partition coefficient (Wildman–Crippen LogP) is 5.23. The number of rotatable bonds is 6. The normalized spacial score (nSPS) is 19.4. The van der Waals surface area contributed by atoms with Gasteiger partial charge in [0.2, 0.25) is 0 Å². The van der Waals surface area contributed by atoms with E-state index < -0.39 is 12.0 Å². The summed E-state index contributed by atoms with van der Waals surface area (Å²) < 4.78 is 5.25. The molecule has 0 fully saturated rings. The van der Waals surface area contributed by atoms with Gasteiger partial charge in [-0.05, 0) is 42.7 Å². The van der Waals surface area contributed by atoms with Gasteiger partial charge in [0.05, 0.1) is 35.7 Å². The molecule has 0 saturated carbocycles. The van der Waals surface area contributed by atoms with Crippen LogP contribution in [-0.4, -0.2) is 24.3 Å². The number of esters is 1. The SMILES string of the molecule is CCOC(=O)C1=C(C)NC(=O)NC1c1ccc(N2N=C(c3ccccc3)CC2c2ccccc2)cc1. The smallest absolute Gasteiger partial charge is 0.338 e. The highest BCUT2D eigenvalue weighted by Gasteiger charge is 2.33. The van der Waals surface area contributed by atoms with Gasteiger partial charge < -0.3 is 15.4 Å². The van der Waals surface area contributed by atoms with Gasteiger partial charge in [-0.2, -0.15) is 5.10 Å². The lowest BCUT2D eigenvalue weighted by atomic mass is 9.95. The summed E-state index contributed by atoms with van der Waals surface area (Å²) in [6.07, 6.45) is 0.787. The number of urea groups is 1. The van der Waals surface area contributed by atoms with E-state index in [0.29, 0.717) is 11.3 Å². The highest BCUT2D eigenvalue weighted by Crippen LogP contribution is 2.37. The average molecular weight is 481 g/mol. The zero-order chi connectivity index (χ0) is 25.1. The summed E-state index contributed by atoms with van der Waals surface area (Å²) in [5, 5.41) is 12.6. The summed E-state index contributed by atoms with van der Waals surface area (Å²) in [6.45, 7) is 3.73. The van der Waals surface area contributed by atoms with Crippen LogP contribution in [0.3, 0.4) is 0 Å². The number of carbonyl (C=O) groups excluding carboxylic acids is 2. The fourth-order valence-corrected chi connectivity index (χ4v) is 4.73. The summed E-state index contributed by atoms with van der Waals surface area (Å²) in [5.41, 5.74) is 5.93. The molecule has 36 heavy (non-hydrogen) atoms. The molecular weight excluding hydrogens is 452 g/mol. The Morgan fingerprint density at radius 3 is 2.31 bits per heavy atom. The highest BCUT2D eigenvalue weighted by molar-refractivity contribution is 6.03. The Morgan fingerprint density at radius 2 is 1.64 bits per heavy atom. The molecule has 0 aliphatic carbocycles. The maximum atomic E-state index is 12.6. The molecule has 0 saturated heterocycles. The van der Waals surface area contributed by atoms with Crippen molar-refractivity contribution in [3.63, 3.8) is 0 Å². The Balaban J connectivity index is 1.48. The molecule has 5 rings (SSSR count). The van der Waals surface area contributed by atoms with Gasteiger partial charge >= 0.3 is 12.0 Å². The van der Waals surface area contributed by atoms with Crippen molar-refractivity contribution in [2.75, 3.05) is 11.6 Å². The van der Waals surface area contributed by atoms with E-state index >= 15 is 0 Å². The van der Waals surface area contributed by atoms with E-state index in [4.69, 9.17) is 9.84 Å². The largest absolute Gasteiger partial charge is 0.463 e. The third-order valence-electron chi connectivity index (χ3n) is 6.46. The summed E-state index contributed by atoms with van der Waals surface area (Å²) >= 11 is 0. The van der Waals surface area contributed by atoms with Crippen LogP contribution in [-0.2, 0) is 9.53 Å². The lowest BCUT2D eigenvalue weighted by Gasteiger charge is -2.29. The Labute approximate surface area is 210 Å². The number of ether oxygens (including phenoxy) is 1. The van der Waals surface area contributed by atoms with Crippen molar-refractivity contribution in [1.29, 1.82) is 0 Å². The van der Waals surface area contributed by atoms with E-state index in [9.17, 15) is 9.59 Å². The van der Waals surface area contributed by atoms with Crippen LogP contribution in [0.5, 0.6) is 0 Å². The van der Waals surface area contributed by atoms with Crippen LogP contribution in [0.1, 0.15) is 49.0 Å². The van der Waals surface area contributed by atoms with Gasteiger partial charge in [-0.3, -0.25) is 5.01 Å². The van der Waals surface area contributed by atoms with Gasteiger partial charge in [0.25, 0.3) is 0 Å². The number of hydrazone groups is 1. The Kier molecular flexibility index (Phi) is 6.54. The van der Waals surface area contributed by atoms with Crippen molar-refractivity contribution >= 4 is 23.4 Å². The summed E-state index contributed by atoms with van der Waals surface area (Å²) in [4.78, 5) is 24.8.